The van der Waals surface area contributed by atoms with E-state index in [-0.39, 0.29) is 5.75 Å². The molecule has 2 aromatic rings. The topological polar surface area (TPSA) is 49.5 Å². The zero-order valence-corrected chi connectivity index (χ0v) is 13.4. The molecule has 4 rings (SSSR count). The first-order valence-electron chi connectivity index (χ1n) is 8.74. The van der Waals surface area contributed by atoms with Crippen LogP contribution in [0.25, 0.3) is 11.5 Å². The lowest BCUT2D eigenvalue weighted by molar-refractivity contribution is 0.0812. The van der Waals surface area contributed by atoms with Gasteiger partial charge in [0.25, 0.3) is 0 Å². The van der Waals surface area contributed by atoms with E-state index >= 15 is 0 Å². The third-order valence-corrected chi connectivity index (χ3v) is 5.43. The van der Waals surface area contributed by atoms with Crippen LogP contribution in [0.4, 0.5) is 0 Å². The number of benzene rings is 1. The van der Waals surface area contributed by atoms with Crippen molar-refractivity contribution in [1.82, 2.24) is 9.88 Å². The van der Waals surface area contributed by atoms with Gasteiger partial charge in [0.1, 0.15) is 12.0 Å². The van der Waals surface area contributed by atoms with E-state index < -0.39 is 0 Å². The zero-order valence-electron chi connectivity index (χ0n) is 13.4. The second-order valence-corrected chi connectivity index (χ2v) is 7.02. The molecule has 1 aliphatic carbocycles. The summed E-state index contributed by atoms with van der Waals surface area (Å²) in [6.07, 6.45) is 8.79. The number of oxazole rings is 1. The van der Waals surface area contributed by atoms with Crippen LogP contribution in [-0.4, -0.2) is 28.1 Å². The number of rotatable bonds is 3. The fraction of sp³-hybridized carbons (Fsp3) is 0.526. The van der Waals surface area contributed by atoms with Gasteiger partial charge in [-0.2, -0.15) is 0 Å². The van der Waals surface area contributed by atoms with Gasteiger partial charge >= 0.3 is 0 Å². The van der Waals surface area contributed by atoms with Crippen molar-refractivity contribution < 1.29 is 9.52 Å². The van der Waals surface area contributed by atoms with E-state index in [2.05, 4.69) is 9.88 Å². The Labute approximate surface area is 137 Å². The van der Waals surface area contributed by atoms with Crippen molar-refractivity contribution in [3.05, 3.63) is 36.2 Å². The predicted octanol–water partition coefficient (Wildman–Crippen LogP) is 4.06. The van der Waals surface area contributed by atoms with Crippen LogP contribution in [-0.2, 0) is 6.54 Å². The summed E-state index contributed by atoms with van der Waals surface area (Å²) >= 11 is 0. The standard InChI is InChI=1S/C19H24N2O2/c22-18-7-5-15(6-8-18)19-20-17(13-23-19)12-21-10-9-14-3-1-2-4-16(14)11-21/h5-8,13-14,16,22H,1-4,9-12H2/t14-,16+/m0/s1. The van der Waals surface area contributed by atoms with Crippen LogP contribution < -0.4 is 0 Å². The minimum Gasteiger partial charge on any atom is -0.508 e. The van der Waals surface area contributed by atoms with Crippen molar-refractivity contribution in [3.8, 4) is 17.2 Å². The Bertz CT molecular complexity index is 650. The Balaban J connectivity index is 1.40. The second-order valence-electron chi connectivity index (χ2n) is 7.02. The Morgan fingerprint density at radius 2 is 1.87 bits per heavy atom. The van der Waals surface area contributed by atoms with Crippen molar-refractivity contribution in [1.29, 1.82) is 0 Å². The van der Waals surface area contributed by atoms with Crippen molar-refractivity contribution >= 4 is 0 Å². The number of hydrogen-bond acceptors (Lipinski definition) is 4. The zero-order chi connectivity index (χ0) is 15.6. The van der Waals surface area contributed by atoms with Gasteiger partial charge in [-0.25, -0.2) is 4.98 Å². The van der Waals surface area contributed by atoms with E-state index in [4.69, 9.17) is 4.42 Å². The summed E-state index contributed by atoms with van der Waals surface area (Å²) in [5.74, 6) is 2.74. The van der Waals surface area contributed by atoms with Gasteiger partial charge in [-0.05, 0) is 55.5 Å². The number of aromatic nitrogens is 1. The Kier molecular flexibility index (Phi) is 4.08. The van der Waals surface area contributed by atoms with E-state index in [1.807, 2.05) is 12.1 Å². The van der Waals surface area contributed by atoms with Gasteiger partial charge in [-0.3, -0.25) is 4.90 Å². The molecule has 0 unspecified atom stereocenters. The van der Waals surface area contributed by atoms with Gasteiger partial charge in [0, 0.05) is 18.7 Å². The Morgan fingerprint density at radius 1 is 1.09 bits per heavy atom. The molecule has 1 saturated carbocycles. The van der Waals surface area contributed by atoms with Gasteiger partial charge in [0.05, 0.1) is 5.69 Å². The summed E-state index contributed by atoms with van der Waals surface area (Å²) in [6, 6.07) is 6.98. The Hall–Kier alpha value is -1.81. The minimum absolute atomic E-state index is 0.260. The highest BCUT2D eigenvalue weighted by Gasteiger charge is 2.31. The molecule has 2 heterocycles. The predicted molar refractivity (Wildman–Crippen MR) is 88.9 cm³/mol. The molecule has 2 aliphatic rings. The Morgan fingerprint density at radius 3 is 2.70 bits per heavy atom. The number of phenols is 1. The summed E-state index contributed by atoms with van der Waals surface area (Å²) in [5, 5.41) is 9.36. The maximum absolute atomic E-state index is 9.36. The van der Waals surface area contributed by atoms with Gasteiger partial charge in [-0.15, -0.1) is 0 Å². The quantitative estimate of drug-likeness (QED) is 0.928. The molecule has 23 heavy (non-hydrogen) atoms. The van der Waals surface area contributed by atoms with Crippen molar-refractivity contribution in [2.24, 2.45) is 11.8 Å². The molecule has 1 aliphatic heterocycles. The molecule has 122 valence electrons. The monoisotopic (exact) mass is 312 g/mol. The number of piperidine rings is 1. The van der Waals surface area contributed by atoms with Crippen molar-refractivity contribution in [3.63, 3.8) is 0 Å². The molecule has 0 spiro atoms. The number of fused-ring (bicyclic) bond motifs is 1. The van der Waals surface area contributed by atoms with E-state index in [0.717, 1.165) is 29.6 Å². The average Bonchev–Trinajstić information content (AvgIpc) is 3.04. The van der Waals surface area contributed by atoms with Crippen LogP contribution >= 0.6 is 0 Å². The molecule has 1 N–H and O–H groups in total. The van der Waals surface area contributed by atoms with Gasteiger partial charge in [0.2, 0.25) is 5.89 Å². The number of hydrogen-bond donors (Lipinski definition) is 1. The highest BCUT2D eigenvalue weighted by atomic mass is 16.3. The number of phenolic OH excluding ortho intramolecular Hbond substituents is 1. The molecule has 1 aromatic carbocycles. The molecule has 1 aromatic heterocycles. The number of likely N-dealkylation sites (tertiary alicyclic amines) is 1. The summed E-state index contributed by atoms with van der Waals surface area (Å²) < 4.78 is 5.62. The molecule has 2 fully saturated rings. The van der Waals surface area contributed by atoms with Crippen LogP contribution in [0.1, 0.15) is 37.8 Å². The molecule has 0 bridgehead atoms. The lowest BCUT2D eigenvalue weighted by Gasteiger charge is -2.41. The normalized spacial score (nSPS) is 25.2. The van der Waals surface area contributed by atoms with E-state index in [1.165, 1.54) is 45.2 Å². The number of aromatic hydroxyl groups is 1. The molecular formula is C19H24N2O2. The maximum atomic E-state index is 9.36. The average molecular weight is 312 g/mol. The largest absolute Gasteiger partial charge is 0.508 e. The van der Waals surface area contributed by atoms with E-state index in [0.29, 0.717) is 5.89 Å². The van der Waals surface area contributed by atoms with Crippen LogP contribution in [0, 0.1) is 11.8 Å². The highest BCUT2D eigenvalue weighted by molar-refractivity contribution is 5.54. The molecular weight excluding hydrogens is 288 g/mol. The first kappa shape index (κ1) is 14.8. The summed E-state index contributed by atoms with van der Waals surface area (Å²) in [5.41, 5.74) is 1.90. The molecule has 0 radical (unpaired) electrons. The lowest BCUT2D eigenvalue weighted by Crippen LogP contribution is -2.41. The molecule has 1 saturated heterocycles. The lowest BCUT2D eigenvalue weighted by atomic mass is 9.75. The van der Waals surface area contributed by atoms with E-state index in [9.17, 15) is 5.11 Å². The molecule has 4 nitrogen and oxygen atoms in total. The van der Waals surface area contributed by atoms with Gasteiger partial charge in [0.15, 0.2) is 0 Å². The SMILES string of the molecule is Oc1ccc(-c2nc(CN3CC[C@@H]4CCCC[C@@H]4C3)co2)cc1. The first-order chi connectivity index (χ1) is 11.3. The van der Waals surface area contributed by atoms with Crippen LogP contribution in [0.2, 0.25) is 0 Å². The molecule has 4 heteroatoms. The highest BCUT2D eigenvalue weighted by Crippen LogP contribution is 2.36. The van der Waals surface area contributed by atoms with Gasteiger partial charge < -0.3 is 9.52 Å². The summed E-state index contributed by atoms with van der Waals surface area (Å²) in [6.45, 7) is 3.28. The molecule has 2 atom stereocenters. The summed E-state index contributed by atoms with van der Waals surface area (Å²) in [7, 11) is 0. The fourth-order valence-electron chi connectivity index (χ4n) is 4.17. The van der Waals surface area contributed by atoms with Gasteiger partial charge in [-0.1, -0.05) is 19.3 Å². The van der Waals surface area contributed by atoms with Crippen LogP contribution in [0.3, 0.4) is 0 Å². The third-order valence-electron chi connectivity index (χ3n) is 5.43. The first-order valence-corrected chi connectivity index (χ1v) is 8.74. The third kappa shape index (κ3) is 3.27. The van der Waals surface area contributed by atoms with Crippen LogP contribution in [0.5, 0.6) is 5.75 Å². The maximum Gasteiger partial charge on any atom is 0.226 e. The van der Waals surface area contributed by atoms with E-state index in [1.54, 1.807) is 18.4 Å². The second kappa shape index (κ2) is 6.36. The van der Waals surface area contributed by atoms with Crippen molar-refractivity contribution in [2.75, 3.05) is 13.1 Å². The van der Waals surface area contributed by atoms with Crippen LogP contribution in [0.15, 0.2) is 34.9 Å². The van der Waals surface area contributed by atoms with Crippen molar-refractivity contribution in [2.45, 2.75) is 38.6 Å². The smallest absolute Gasteiger partial charge is 0.226 e. The molecule has 0 amide bonds. The fourth-order valence-corrected chi connectivity index (χ4v) is 4.17. The summed E-state index contributed by atoms with van der Waals surface area (Å²) in [4.78, 5) is 7.15. The minimum atomic E-state index is 0.260. The number of nitrogens with zero attached hydrogens (tertiary/aromatic N) is 2.